The number of aromatic nitrogens is 4. The van der Waals surface area contributed by atoms with E-state index in [-0.39, 0.29) is 0 Å². The normalized spacial score (nSPS) is 15.1. The Kier molecular flexibility index (Phi) is 3.84. The summed E-state index contributed by atoms with van der Waals surface area (Å²) in [6, 6.07) is 12.0. The lowest BCUT2D eigenvalue weighted by Crippen LogP contribution is -2.01. The van der Waals surface area contributed by atoms with Crippen molar-refractivity contribution in [1.82, 2.24) is 20.1 Å². The van der Waals surface area contributed by atoms with Crippen molar-refractivity contribution in [3.63, 3.8) is 0 Å². The zero-order valence-electron chi connectivity index (χ0n) is 12.9. The van der Waals surface area contributed by atoms with Crippen LogP contribution in [0.5, 0.6) is 0 Å². The second-order valence-corrected chi connectivity index (χ2v) is 5.96. The molecule has 2 aromatic heterocycles. The number of hydrogen-bond donors (Lipinski definition) is 0. The molecule has 2 heterocycles. The second-order valence-electron chi connectivity index (χ2n) is 5.96. The van der Waals surface area contributed by atoms with E-state index >= 15 is 0 Å². The third kappa shape index (κ3) is 3.13. The Morgan fingerprint density at radius 2 is 1.83 bits per heavy atom. The van der Waals surface area contributed by atoms with Crippen LogP contribution in [0.15, 0.2) is 47.1 Å². The molecule has 0 N–H and O–H groups in total. The van der Waals surface area contributed by atoms with Crippen molar-refractivity contribution in [3.05, 3.63) is 59.8 Å². The van der Waals surface area contributed by atoms with Gasteiger partial charge in [-0.25, -0.2) is 9.97 Å². The van der Waals surface area contributed by atoms with Crippen molar-refractivity contribution < 1.29 is 4.52 Å². The van der Waals surface area contributed by atoms with E-state index in [1.807, 2.05) is 24.3 Å². The summed E-state index contributed by atoms with van der Waals surface area (Å²) in [5.41, 5.74) is 1.88. The van der Waals surface area contributed by atoms with Crippen molar-refractivity contribution >= 4 is 0 Å². The van der Waals surface area contributed by atoms with Gasteiger partial charge in [-0.3, -0.25) is 0 Å². The fourth-order valence-corrected chi connectivity index (χ4v) is 3.08. The summed E-state index contributed by atoms with van der Waals surface area (Å²) in [6.45, 7) is 0. The predicted octanol–water partition coefficient (Wildman–Crippen LogP) is 3.78. The van der Waals surface area contributed by atoms with E-state index in [0.717, 1.165) is 11.4 Å². The highest BCUT2D eigenvalue weighted by Crippen LogP contribution is 2.32. The van der Waals surface area contributed by atoms with Crippen LogP contribution in [0.2, 0.25) is 0 Å². The molecule has 0 unspecified atom stereocenters. The zero-order chi connectivity index (χ0) is 15.5. The molecule has 0 saturated heterocycles. The Balaban J connectivity index is 1.55. The van der Waals surface area contributed by atoms with E-state index in [2.05, 4.69) is 32.2 Å². The van der Waals surface area contributed by atoms with Crippen molar-refractivity contribution in [2.75, 3.05) is 0 Å². The van der Waals surface area contributed by atoms with Crippen LogP contribution in [0.25, 0.3) is 11.6 Å². The monoisotopic (exact) mass is 306 g/mol. The van der Waals surface area contributed by atoms with Gasteiger partial charge in [-0.2, -0.15) is 4.98 Å². The molecule has 23 heavy (non-hydrogen) atoms. The fourth-order valence-electron chi connectivity index (χ4n) is 3.08. The van der Waals surface area contributed by atoms with Gasteiger partial charge < -0.3 is 4.52 Å². The molecule has 1 aliphatic rings. The lowest BCUT2D eigenvalue weighted by atomic mass is 10.1. The molecule has 0 amide bonds. The molecule has 0 bridgehead atoms. The minimum absolute atomic E-state index is 0.470. The molecule has 0 spiro atoms. The van der Waals surface area contributed by atoms with Crippen molar-refractivity contribution in [1.29, 1.82) is 0 Å². The van der Waals surface area contributed by atoms with Gasteiger partial charge >= 0.3 is 0 Å². The van der Waals surface area contributed by atoms with E-state index in [9.17, 15) is 0 Å². The van der Waals surface area contributed by atoms with Gasteiger partial charge in [0, 0.05) is 18.5 Å². The Labute approximate surface area is 134 Å². The first-order valence-corrected chi connectivity index (χ1v) is 8.08. The molecule has 0 aliphatic heterocycles. The van der Waals surface area contributed by atoms with Crippen LogP contribution in [0.4, 0.5) is 0 Å². The van der Waals surface area contributed by atoms with Crippen LogP contribution in [0, 0.1) is 0 Å². The molecule has 116 valence electrons. The Bertz CT molecular complexity index is 778. The maximum absolute atomic E-state index is 5.39. The third-order valence-electron chi connectivity index (χ3n) is 4.29. The second kappa shape index (κ2) is 6.28. The van der Waals surface area contributed by atoms with Crippen molar-refractivity contribution in [3.8, 4) is 11.6 Å². The van der Waals surface area contributed by atoms with E-state index in [1.165, 1.54) is 25.7 Å². The van der Waals surface area contributed by atoms with Gasteiger partial charge in [0.25, 0.3) is 5.89 Å². The summed E-state index contributed by atoms with van der Waals surface area (Å²) < 4.78 is 5.39. The van der Waals surface area contributed by atoms with Crippen LogP contribution in [0.1, 0.15) is 48.8 Å². The molecule has 4 rings (SSSR count). The largest absolute Gasteiger partial charge is 0.332 e. The number of benzene rings is 1. The van der Waals surface area contributed by atoms with Crippen molar-refractivity contribution in [2.45, 2.75) is 38.0 Å². The highest BCUT2D eigenvalue weighted by atomic mass is 16.5. The van der Waals surface area contributed by atoms with Gasteiger partial charge in [0.1, 0.15) is 11.5 Å². The fraction of sp³-hybridized carbons (Fsp3) is 0.333. The predicted molar refractivity (Wildman–Crippen MR) is 85.8 cm³/mol. The SMILES string of the molecule is c1ccc(Cc2noc(-c3ccnc(C4CCCC4)n3)n2)cc1. The Morgan fingerprint density at radius 1 is 1.00 bits per heavy atom. The summed E-state index contributed by atoms with van der Waals surface area (Å²) in [5, 5.41) is 4.07. The molecule has 1 aromatic carbocycles. The van der Waals surface area contributed by atoms with Crippen LogP contribution in [-0.2, 0) is 6.42 Å². The van der Waals surface area contributed by atoms with Gasteiger partial charge in [0.2, 0.25) is 0 Å². The average molecular weight is 306 g/mol. The Morgan fingerprint density at radius 3 is 2.65 bits per heavy atom. The van der Waals surface area contributed by atoms with Gasteiger partial charge in [-0.15, -0.1) is 0 Å². The molecule has 1 saturated carbocycles. The highest BCUT2D eigenvalue weighted by Gasteiger charge is 2.21. The van der Waals surface area contributed by atoms with Crippen LogP contribution < -0.4 is 0 Å². The summed E-state index contributed by atoms with van der Waals surface area (Å²) in [5.74, 6) is 2.52. The first-order valence-electron chi connectivity index (χ1n) is 8.08. The average Bonchev–Trinajstić information content (AvgIpc) is 3.28. The van der Waals surface area contributed by atoms with Crippen LogP contribution in [0.3, 0.4) is 0 Å². The molecule has 0 radical (unpaired) electrons. The molecule has 1 fully saturated rings. The third-order valence-corrected chi connectivity index (χ3v) is 4.29. The number of nitrogens with zero attached hydrogens (tertiary/aromatic N) is 4. The first-order chi connectivity index (χ1) is 11.4. The Hall–Kier alpha value is -2.56. The summed E-state index contributed by atoms with van der Waals surface area (Å²) in [6.07, 6.45) is 7.32. The van der Waals surface area contributed by atoms with E-state index in [4.69, 9.17) is 4.52 Å². The van der Waals surface area contributed by atoms with Crippen LogP contribution in [-0.4, -0.2) is 20.1 Å². The van der Waals surface area contributed by atoms with E-state index in [0.29, 0.717) is 29.7 Å². The lowest BCUT2D eigenvalue weighted by molar-refractivity contribution is 0.422. The molecule has 5 heteroatoms. The van der Waals surface area contributed by atoms with Gasteiger partial charge in [0.15, 0.2) is 5.82 Å². The standard InChI is InChI=1S/C18H18N4O/c1-2-6-13(7-3-1)12-16-21-18(23-22-16)15-10-11-19-17(20-15)14-8-4-5-9-14/h1-3,6-7,10-11,14H,4-5,8-9,12H2. The summed E-state index contributed by atoms with van der Waals surface area (Å²) >= 11 is 0. The zero-order valence-corrected chi connectivity index (χ0v) is 12.9. The highest BCUT2D eigenvalue weighted by molar-refractivity contribution is 5.45. The van der Waals surface area contributed by atoms with Crippen molar-refractivity contribution in [2.24, 2.45) is 0 Å². The maximum atomic E-state index is 5.39. The van der Waals surface area contributed by atoms with E-state index in [1.54, 1.807) is 6.20 Å². The van der Waals surface area contributed by atoms with E-state index < -0.39 is 0 Å². The molecular weight excluding hydrogens is 288 g/mol. The number of hydrogen-bond acceptors (Lipinski definition) is 5. The van der Waals surface area contributed by atoms with Gasteiger partial charge in [-0.05, 0) is 24.5 Å². The quantitative estimate of drug-likeness (QED) is 0.734. The molecule has 1 aliphatic carbocycles. The molecular formula is C18H18N4O. The first kappa shape index (κ1) is 14.1. The smallest absolute Gasteiger partial charge is 0.276 e. The maximum Gasteiger partial charge on any atom is 0.276 e. The minimum atomic E-state index is 0.470. The number of rotatable bonds is 4. The topological polar surface area (TPSA) is 64.7 Å². The molecule has 0 atom stereocenters. The van der Waals surface area contributed by atoms with Gasteiger partial charge in [-0.1, -0.05) is 48.3 Å². The molecule has 3 aromatic rings. The van der Waals surface area contributed by atoms with Gasteiger partial charge in [0.05, 0.1) is 0 Å². The minimum Gasteiger partial charge on any atom is -0.332 e. The van der Waals surface area contributed by atoms with Crippen LogP contribution >= 0.6 is 0 Å². The summed E-state index contributed by atoms with van der Waals surface area (Å²) in [7, 11) is 0. The molecule has 5 nitrogen and oxygen atoms in total. The lowest BCUT2D eigenvalue weighted by Gasteiger charge is -2.06. The summed E-state index contributed by atoms with van der Waals surface area (Å²) in [4.78, 5) is 13.5.